The molecular weight excluding hydrogens is 428 g/mol. The second kappa shape index (κ2) is 7.13. The maximum Gasteiger partial charge on any atom is 0.275 e. The Kier molecular flexibility index (Phi) is 4.40. The molecular formula is C21H12ClF2N5O2. The second-order valence-electron chi connectivity index (χ2n) is 6.87. The van der Waals surface area contributed by atoms with Crippen molar-refractivity contribution in [2.75, 3.05) is 0 Å². The average molecular weight is 440 g/mol. The van der Waals surface area contributed by atoms with Crippen LogP contribution in [0.3, 0.4) is 0 Å². The fourth-order valence-electron chi connectivity index (χ4n) is 3.48. The number of fused-ring (bicyclic) bond motifs is 2. The Balaban J connectivity index is 1.54. The zero-order valence-electron chi connectivity index (χ0n) is 15.6. The number of rotatable bonds is 4. The smallest absolute Gasteiger partial charge is 0.275 e. The van der Waals surface area contributed by atoms with Crippen LogP contribution in [-0.2, 0) is 6.54 Å². The normalized spacial score (nSPS) is 11.5. The highest BCUT2D eigenvalue weighted by Gasteiger charge is 2.22. The third-order valence-electron chi connectivity index (χ3n) is 4.92. The van der Waals surface area contributed by atoms with Gasteiger partial charge in [0.15, 0.2) is 5.65 Å². The van der Waals surface area contributed by atoms with Crippen LogP contribution in [0.2, 0.25) is 5.02 Å². The van der Waals surface area contributed by atoms with E-state index in [1.807, 2.05) is 0 Å². The SMILES string of the molecule is O=C(c1c(F)cccc1F)c1c[nH]c2c(=O)n(Cc3nc4ncc(Cl)cc4[nH]3)ccc12. The summed E-state index contributed by atoms with van der Waals surface area (Å²) >= 11 is 5.93. The molecule has 154 valence electrons. The van der Waals surface area contributed by atoms with Crippen LogP contribution in [0.1, 0.15) is 21.7 Å². The van der Waals surface area contributed by atoms with Crippen molar-refractivity contribution in [2.24, 2.45) is 0 Å². The molecule has 0 aliphatic heterocycles. The van der Waals surface area contributed by atoms with Crippen LogP contribution in [0, 0.1) is 11.6 Å². The predicted molar refractivity (Wildman–Crippen MR) is 110 cm³/mol. The Morgan fingerprint density at radius 2 is 1.97 bits per heavy atom. The molecule has 1 aromatic carbocycles. The maximum atomic E-state index is 14.0. The molecule has 7 nitrogen and oxygen atoms in total. The predicted octanol–water partition coefficient (Wildman–Crippen LogP) is 3.81. The molecule has 5 aromatic rings. The third-order valence-corrected chi connectivity index (χ3v) is 5.13. The van der Waals surface area contributed by atoms with E-state index in [2.05, 4.69) is 19.9 Å². The first kappa shape index (κ1) is 19.1. The Bertz CT molecular complexity index is 1530. The van der Waals surface area contributed by atoms with Gasteiger partial charge >= 0.3 is 0 Å². The molecule has 0 bridgehead atoms. The second-order valence-corrected chi connectivity index (χ2v) is 7.31. The molecule has 2 N–H and O–H groups in total. The van der Waals surface area contributed by atoms with E-state index in [1.54, 1.807) is 6.07 Å². The molecule has 0 atom stereocenters. The van der Waals surface area contributed by atoms with Gasteiger partial charge < -0.3 is 14.5 Å². The van der Waals surface area contributed by atoms with Crippen molar-refractivity contribution >= 4 is 39.5 Å². The highest BCUT2D eigenvalue weighted by atomic mass is 35.5. The van der Waals surface area contributed by atoms with Crippen LogP contribution in [0.25, 0.3) is 22.1 Å². The molecule has 31 heavy (non-hydrogen) atoms. The zero-order chi connectivity index (χ0) is 21.7. The van der Waals surface area contributed by atoms with Gasteiger partial charge in [0, 0.05) is 29.5 Å². The number of halogens is 3. The number of H-pyrrole nitrogens is 2. The number of hydrogen-bond donors (Lipinski definition) is 2. The fraction of sp³-hybridized carbons (Fsp3) is 0.0476. The molecule has 0 aliphatic rings. The molecule has 4 aromatic heterocycles. The van der Waals surface area contributed by atoms with Crippen LogP contribution in [0.5, 0.6) is 0 Å². The molecule has 5 rings (SSSR count). The van der Waals surface area contributed by atoms with Crippen molar-refractivity contribution in [1.82, 2.24) is 24.5 Å². The summed E-state index contributed by atoms with van der Waals surface area (Å²) in [6, 6.07) is 6.41. The number of carbonyl (C=O) groups excluding carboxylic acids is 1. The van der Waals surface area contributed by atoms with Crippen LogP contribution >= 0.6 is 11.6 Å². The van der Waals surface area contributed by atoms with E-state index in [9.17, 15) is 18.4 Å². The lowest BCUT2D eigenvalue weighted by Gasteiger charge is -2.05. The molecule has 0 fully saturated rings. The van der Waals surface area contributed by atoms with Gasteiger partial charge in [-0.05, 0) is 24.3 Å². The number of imidazole rings is 1. The minimum atomic E-state index is -0.966. The molecule has 0 aliphatic carbocycles. The Labute approximate surface area is 177 Å². The molecule has 0 unspecified atom stereocenters. The van der Waals surface area contributed by atoms with E-state index >= 15 is 0 Å². The van der Waals surface area contributed by atoms with Gasteiger partial charge in [0.1, 0.15) is 23.0 Å². The van der Waals surface area contributed by atoms with Gasteiger partial charge in [-0.2, -0.15) is 0 Å². The van der Waals surface area contributed by atoms with Crippen LogP contribution < -0.4 is 5.56 Å². The standard InChI is InChI=1S/C21H12ClF2N5O2/c22-10-6-15-20(26-7-10)28-16(27-15)9-29-5-4-11-12(8-25-18(11)21(29)31)19(30)17-13(23)2-1-3-14(17)24/h1-8,25H,9H2,(H,26,27,28). The first-order valence-corrected chi connectivity index (χ1v) is 9.49. The van der Waals surface area contributed by atoms with Crippen molar-refractivity contribution < 1.29 is 13.6 Å². The summed E-state index contributed by atoms with van der Waals surface area (Å²) in [5, 5.41) is 0.725. The number of aromatic nitrogens is 5. The summed E-state index contributed by atoms with van der Waals surface area (Å²) in [4.78, 5) is 39.9. The van der Waals surface area contributed by atoms with E-state index in [4.69, 9.17) is 11.6 Å². The monoisotopic (exact) mass is 439 g/mol. The van der Waals surface area contributed by atoms with E-state index in [1.165, 1.54) is 35.3 Å². The van der Waals surface area contributed by atoms with Crippen LogP contribution in [-0.4, -0.2) is 30.3 Å². The van der Waals surface area contributed by atoms with Gasteiger partial charge in [0.2, 0.25) is 5.78 Å². The topological polar surface area (TPSA) is 96.4 Å². The number of nitrogens with zero attached hydrogens (tertiary/aromatic N) is 3. The summed E-state index contributed by atoms with van der Waals surface area (Å²) in [5.74, 6) is -2.29. The number of benzene rings is 1. The number of hydrogen-bond acceptors (Lipinski definition) is 4. The summed E-state index contributed by atoms with van der Waals surface area (Å²) < 4.78 is 29.4. The van der Waals surface area contributed by atoms with Gasteiger partial charge in [0.05, 0.1) is 22.6 Å². The first-order chi connectivity index (χ1) is 14.9. The lowest BCUT2D eigenvalue weighted by Crippen LogP contribution is -2.20. The van der Waals surface area contributed by atoms with Crippen molar-refractivity contribution in [3.63, 3.8) is 0 Å². The maximum absolute atomic E-state index is 14.0. The molecule has 0 saturated heterocycles. The third kappa shape index (κ3) is 3.19. The van der Waals surface area contributed by atoms with Gasteiger partial charge in [-0.15, -0.1) is 0 Å². The van der Waals surface area contributed by atoms with Gasteiger partial charge in [-0.25, -0.2) is 18.7 Å². The first-order valence-electron chi connectivity index (χ1n) is 9.12. The van der Waals surface area contributed by atoms with Crippen molar-refractivity contribution in [2.45, 2.75) is 6.54 Å². The lowest BCUT2D eigenvalue weighted by atomic mass is 10.0. The molecule has 0 saturated carbocycles. The number of aromatic amines is 2. The zero-order valence-corrected chi connectivity index (χ0v) is 16.4. The average Bonchev–Trinajstić information content (AvgIpc) is 3.33. The molecule has 4 heterocycles. The Hall–Kier alpha value is -3.85. The minimum absolute atomic E-state index is 0.00540. The van der Waals surface area contributed by atoms with Crippen molar-refractivity contribution in [3.8, 4) is 0 Å². The Morgan fingerprint density at radius 3 is 2.74 bits per heavy atom. The van der Waals surface area contributed by atoms with Crippen molar-refractivity contribution in [1.29, 1.82) is 0 Å². The molecule has 0 radical (unpaired) electrons. The van der Waals surface area contributed by atoms with Gasteiger partial charge in [-0.1, -0.05) is 17.7 Å². The molecule has 0 amide bonds. The summed E-state index contributed by atoms with van der Waals surface area (Å²) in [6.07, 6.45) is 4.24. The lowest BCUT2D eigenvalue weighted by molar-refractivity contribution is 0.103. The Morgan fingerprint density at radius 1 is 1.19 bits per heavy atom. The van der Waals surface area contributed by atoms with E-state index in [0.29, 0.717) is 22.0 Å². The largest absolute Gasteiger partial charge is 0.356 e. The fourth-order valence-corrected chi connectivity index (χ4v) is 3.64. The summed E-state index contributed by atoms with van der Waals surface area (Å²) in [6.45, 7) is 0.118. The molecule has 0 spiro atoms. The minimum Gasteiger partial charge on any atom is -0.356 e. The highest BCUT2D eigenvalue weighted by Crippen LogP contribution is 2.22. The molecule has 10 heteroatoms. The van der Waals surface area contributed by atoms with Crippen molar-refractivity contribution in [3.05, 3.63) is 92.9 Å². The highest BCUT2D eigenvalue weighted by molar-refractivity contribution is 6.31. The van der Waals surface area contributed by atoms with Gasteiger partial charge in [-0.3, -0.25) is 9.59 Å². The summed E-state index contributed by atoms with van der Waals surface area (Å²) in [7, 11) is 0. The van der Waals surface area contributed by atoms with Crippen LogP contribution in [0.15, 0.2) is 53.7 Å². The van der Waals surface area contributed by atoms with E-state index < -0.39 is 28.5 Å². The van der Waals surface area contributed by atoms with Gasteiger partial charge in [0.25, 0.3) is 5.56 Å². The summed E-state index contributed by atoms with van der Waals surface area (Å²) in [5.41, 5.74) is 0.160. The van der Waals surface area contributed by atoms with E-state index in [-0.39, 0.29) is 23.0 Å². The number of pyridine rings is 2. The quantitative estimate of drug-likeness (QED) is 0.416. The van der Waals surface area contributed by atoms with Crippen LogP contribution in [0.4, 0.5) is 8.78 Å². The number of carbonyl (C=O) groups is 1. The number of nitrogens with one attached hydrogen (secondary N) is 2. The van der Waals surface area contributed by atoms with E-state index in [0.717, 1.165) is 12.1 Å². The number of ketones is 1.